The molecule has 0 unspecified atom stereocenters. The zero-order chi connectivity index (χ0) is 17.3. The molecule has 1 aliphatic heterocycles. The number of hydrogen-bond donors (Lipinski definition) is 2. The zero-order valence-electron chi connectivity index (χ0n) is 15.3. The van der Waals surface area contributed by atoms with E-state index in [1.807, 2.05) is 6.08 Å². The predicted octanol–water partition coefficient (Wildman–Crippen LogP) is 4.51. The Bertz CT molecular complexity index is 754. The highest BCUT2D eigenvalue weighted by Crippen LogP contribution is 2.30. The summed E-state index contributed by atoms with van der Waals surface area (Å²) in [6, 6.07) is 7.26. The van der Waals surface area contributed by atoms with E-state index >= 15 is 0 Å². The number of likely N-dealkylation sites (N-methyl/N-ethyl adjacent to an activating group) is 1. The van der Waals surface area contributed by atoms with Crippen molar-refractivity contribution in [2.45, 2.75) is 63.0 Å². The normalized spacial score (nSPS) is 24.5. The van der Waals surface area contributed by atoms with Gasteiger partial charge in [0.05, 0.1) is 5.60 Å². The number of aromatic nitrogens is 1. The summed E-state index contributed by atoms with van der Waals surface area (Å²) < 4.78 is 0. The molecule has 2 aromatic rings. The van der Waals surface area contributed by atoms with Crippen molar-refractivity contribution in [3.05, 3.63) is 41.6 Å². The first-order valence-electron chi connectivity index (χ1n) is 9.85. The van der Waals surface area contributed by atoms with Crippen LogP contribution >= 0.6 is 0 Å². The second kappa shape index (κ2) is 6.97. The van der Waals surface area contributed by atoms with Gasteiger partial charge in [0.15, 0.2) is 0 Å². The molecule has 1 aromatic heterocycles. The lowest BCUT2D eigenvalue weighted by Gasteiger charge is -2.28. The largest absolute Gasteiger partial charge is 0.386 e. The van der Waals surface area contributed by atoms with Crippen LogP contribution in [0.15, 0.2) is 30.5 Å². The summed E-state index contributed by atoms with van der Waals surface area (Å²) >= 11 is 0. The average Bonchev–Trinajstić information content (AvgIpc) is 3.21. The first-order valence-corrected chi connectivity index (χ1v) is 9.85. The molecule has 134 valence electrons. The number of fused-ring (bicyclic) bond motifs is 1. The molecular weight excluding hydrogens is 308 g/mol. The van der Waals surface area contributed by atoms with E-state index in [0.29, 0.717) is 6.04 Å². The molecule has 2 N–H and O–H groups in total. The highest BCUT2D eigenvalue weighted by Gasteiger charge is 2.26. The van der Waals surface area contributed by atoms with Crippen LogP contribution in [0.4, 0.5) is 0 Å². The fourth-order valence-electron chi connectivity index (χ4n) is 4.54. The first-order chi connectivity index (χ1) is 12.1. The smallest absolute Gasteiger partial charge is 0.0830 e. The van der Waals surface area contributed by atoms with Crippen molar-refractivity contribution in [2.75, 3.05) is 13.6 Å². The van der Waals surface area contributed by atoms with Gasteiger partial charge >= 0.3 is 0 Å². The van der Waals surface area contributed by atoms with Gasteiger partial charge in [-0.05, 0) is 69.0 Å². The molecule has 0 radical (unpaired) electrons. The Labute approximate surface area is 150 Å². The Morgan fingerprint density at radius 2 is 2.08 bits per heavy atom. The topological polar surface area (TPSA) is 39.3 Å². The summed E-state index contributed by atoms with van der Waals surface area (Å²) in [5, 5.41) is 12.0. The van der Waals surface area contributed by atoms with Crippen LogP contribution in [0.1, 0.15) is 56.1 Å². The van der Waals surface area contributed by atoms with E-state index < -0.39 is 5.60 Å². The molecule has 0 spiro atoms. The third kappa shape index (κ3) is 3.68. The quantitative estimate of drug-likeness (QED) is 0.861. The lowest BCUT2D eigenvalue weighted by atomic mass is 9.84. The fraction of sp³-hybridized carbons (Fsp3) is 0.545. The van der Waals surface area contributed by atoms with Gasteiger partial charge in [-0.2, -0.15) is 0 Å². The number of aromatic amines is 1. The maximum atomic E-state index is 10.7. The van der Waals surface area contributed by atoms with Crippen molar-refractivity contribution < 1.29 is 5.11 Å². The lowest BCUT2D eigenvalue weighted by Crippen LogP contribution is -2.28. The van der Waals surface area contributed by atoms with Crippen LogP contribution in [0.3, 0.4) is 0 Å². The van der Waals surface area contributed by atoms with Crippen molar-refractivity contribution in [2.24, 2.45) is 0 Å². The van der Waals surface area contributed by atoms with Crippen LogP contribution in [-0.4, -0.2) is 40.2 Å². The van der Waals surface area contributed by atoms with Crippen LogP contribution < -0.4 is 0 Å². The molecule has 1 atom stereocenters. The molecule has 1 aliphatic carbocycles. The van der Waals surface area contributed by atoms with Gasteiger partial charge in [-0.15, -0.1) is 0 Å². The minimum atomic E-state index is -0.596. The van der Waals surface area contributed by atoms with Crippen molar-refractivity contribution >= 4 is 17.0 Å². The molecule has 2 fully saturated rings. The van der Waals surface area contributed by atoms with Crippen LogP contribution in [0.2, 0.25) is 0 Å². The summed E-state index contributed by atoms with van der Waals surface area (Å²) in [5.74, 6) is 0. The predicted molar refractivity (Wildman–Crippen MR) is 105 cm³/mol. The number of H-pyrrole nitrogens is 1. The molecule has 25 heavy (non-hydrogen) atoms. The molecule has 1 aromatic carbocycles. The second-order valence-electron chi connectivity index (χ2n) is 8.10. The Kier molecular flexibility index (Phi) is 4.70. The Balaban J connectivity index is 1.55. The summed E-state index contributed by atoms with van der Waals surface area (Å²) in [4.78, 5) is 5.91. The summed E-state index contributed by atoms with van der Waals surface area (Å²) in [5.41, 5.74) is 3.22. The maximum absolute atomic E-state index is 10.7. The number of nitrogens with zero attached hydrogens (tertiary/aromatic N) is 1. The van der Waals surface area contributed by atoms with Gasteiger partial charge in [0, 0.05) is 23.1 Å². The van der Waals surface area contributed by atoms with Crippen molar-refractivity contribution in [3.63, 3.8) is 0 Å². The molecule has 4 rings (SSSR count). The second-order valence-corrected chi connectivity index (χ2v) is 8.10. The van der Waals surface area contributed by atoms with E-state index in [1.165, 1.54) is 47.8 Å². The Hall–Kier alpha value is -1.58. The molecule has 2 aliphatic rings. The van der Waals surface area contributed by atoms with E-state index in [0.717, 1.165) is 32.1 Å². The van der Waals surface area contributed by atoms with Gasteiger partial charge in [0.25, 0.3) is 0 Å². The van der Waals surface area contributed by atoms with E-state index in [2.05, 4.69) is 47.4 Å². The van der Waals surface area contributed by atoms with Crippen molar-refractivity contribution in [3.8, 4) is 0 Å². The number of nitrogens with one attached hydrogen (secondary N) is 1. The van der Waals surface area contributed by atoms with Gasteiger partial charge in [0.2, 0.25) is 0 Å². The van der Waals surface area contributed by atoms with E-state index in [9.17, 15) is 5.11 Å². The van der Waals surface area contributed by atoms with Gasteiger partial charge in [-0.25, -0.2) is 0 Å². The maximum Gasteiger partial charge on any atom is 0.0830 e. The minimum Gasteiger partial charge on any atom is -0.386 e. The number of benzene rings is 1. The van der Waals surface area contributed by atoms with Crippen molar-refractivity contribution in [1.82, 2.24) is 9.88 Å². The standard InChI is InChI=1S/C22H30N2O/c1-24-13-5-6-19(24)15-18-16-23-21-8-7-17(14-20(18)21)9-12-22(25)10-3-2-4-11-22/h7-9,12,14,16,19,23,25H,2-6,10-11,13,15H2,1H3/t19-/m1/s1. The number of rotatable bonds is 4. The fourth-order valence-corrected chi connectivity index (χ4v) is 4.54. The Morgan fingerprint density at radius 3 is 2.84 bits per heavy atom. The van der Waals surface area contributed by atoms with Gasteiger partial charge in [-0.3, -0.25) is 0 Å². The average molecular weight is 338 g/mol. The molecule has 0 amide bonds. The number of hydrogen-bond acceptors (Lipinski definition) is 2. The zero-order valence-corrected chi connectivity index (χ0v) is 15.3. The third-order valence-electron chi connectivity index (χ3n) is 6.22. The number of aliphatic hydroxyl groups is 1. The van der Waals surface area contributed by atoms with Crippen LogP contribution in [0, 0.1) is 0 Å². The molecule has 1 saturated carbocycles. The summed E-state index contributed by atoms with van der Waals surface area (Å²) in [6.45, 7) is 1.22. The SMILES string of the molecule is CN1CCC[C@@H]1Cc1c[nH]c2ccc(C=CC3(O)CCCCC3)cc12. The third-order valence-corrected chi connectivity index (χ3v) is 6.22. The molecule has 1 saturated heterocycles. The van der Waals surface area contributed by atoms with Gasteiger partial charge in [0.1, 0.15) is 0 Å². The highest BCUT2D eigenvalue weighted by molar-refractivity contribution is 5.85. The summed E-state index contributed by atoms with van der Waals surface area (Å²) in [6.07, 6.45) is 15.4. The number of likely N-dealkylation sites (tertiary alicyclic amines) is 1. The molecule has 2 heterocycles. The first kappa shape index (κ1) is 16.9. The Morgan fingerprint density at radius 1 is 1.24 bits per heavy atom. The molecule has 3 nitrogen and oxygen atoms in total. The molecule has 3 heteroatoms. The minimum absolute atomic E-state index is 0.596. The molecular formula is C22H30N2O. The molecule has 0 bridgehead atoms. The van der Waals surface area contributed by atoms with Crippen LogP contribution in [0.5, 0.6) is 0 Å². The van der Waals surface area contributed by atoms with Gasteiger partial charge < -0.3 is 15.0 Å². The van der Waals surface area contributed by atoms with Crippen LogP contribution in [0.25, 0.3) is 17.0 Å². The van der Waals surface area contributed by atoms with E-state index in [-0.39, 0.29) is 0 Å². The lowest BCUT2D eigenvalue weighted by molar-refractivity contribution is 0.0521. The highest BCUT2D eigenvalue weighted by atomic mass is 16.3. The van der Waals surface area contributed by atoms with Crippen molar-refractivity contribution in [1.29, 1.82) is 0 Å². The van der Waals surface area contributed by atoms with E-state index in [4.69, 9.17) is 0 Å². The summed E-state index contributed by atoms with van der Waals surface area (Å²) in [7, 11) is 2.24. The van der Waals surface area contributed by atoms with E-state index in [1.54, 1.807) is 0 Å². The van der Waals surface area contributed by atoms with Gasteiger partial charge in [-0.1, -0.05) is 37.5 Å². The van der Waals surface area contributed by atoms with Crippen LogP contribution in [-0.2, 0) is 6.42 Å². The monoisotopic (exact) mass is 338 g/mol.